The maximum Gasteiger partial charge on any atom is 0.434 e. The largest absolute Gasteiger partial charge is 0.434 e. The zero-order valence-corrected chi connectivity index (χ0v) is 10.5. The molecule has 1 aromatic heterocycles. The molecule has 0 saturated heterocycles. The number of alkyl halides is 3. The van der Waals surface area contributed by atoms with Crippen molar-refractivity contribution in [2.24, 2.45) is 10.7 Å². The smallest absolute Gasteiger partial charge is 0.370 e. The number of nitrogens with two attached hydrogens (primary N) is 1. The van der Waals surface area contributed by atoms with E-state index in [-0.39, 0.29) is 17.5 Å². The summed E-state index contributed by atoms with van der Waals surface area (Å²) in [6, 6.07) is 0. The first-order valence-electron chi connectivity index (χ1n) is 4.99. The summed E-state index contributed by atoms with van der Waals surface area (Å²) < 4.78 is 36.8. The molecule has 100 valence electrons. The zero-order chi connectivity index (χ0) is 13.8. The summed E-state index contributed by atoms with van der Waals surface area (Å²) in [6.07, 6.45) is -4.41. The number of hydrogen-bond acceptors (Lipinski definition) is 3. The van der Waals surface area contributed by atoms with E-state index < -0.39 is 11.9 Å². The van der Waals surface area contributed by atoms with Gasteiger partial charge in [-0.2, -0.15) is 13.2 Å². The first kappa shape index (κ1) is 14.5. The zero-order valence-electron chi connectivity index (χ0n) is 9.71. The molecule has 0 aliphatic rings. The molecule has 1 rings (SSSR count). The van der Waals surface area contributed by atoms with Crippen molar-refractivity contribution in [3.63, 3.8) is 0 Å². The number of nitrogens with zero attached hydrogens (tertiary/aromatic N) is 2. The van der Waals surface area contributed by atoms with Gasteiger partial charge in [0.05, 0.1) is 6.54 Å². The molecule has 4 nitrogen and oxygen atoms in total. The van der Waals surface area contributed by atoms with Crippen LogP contribution in [0.2, 0.25) is 0 Å². The maximum atomic E-state index is 12.3. The van der Waals surface area contributed by atoms with E-state index in [4.69, 9.17) is 5.73 Å². The summed E-state index contributed by atoms with van der Waals surface area (Å²) in [6.45, 7) is 5.98. The van der Waals surface area contributed by atoms with Crippen LogP contribution in [0.3, 0.4) is 0 Å². The molecule has 0 saturated carbocycles. The van der Waals surface area contributed by atoms with Gasteiger partial charge in [0.25, 0.3) is 0 Å². The topological polar surface area (TPSA) is 63.3 Å². The number of rotatable bonds is 4. The quantitative estimate of drug-likeness (QED) is 0.504. The number of aliphatic imine (C=N–C) groups is 1. The van der Waals surface area contributed by atoms with Crippen LogP contribution in [0.5, 0.6) is 0 Å². The number of guanidine groups is 1. The van der Waals surface area contributed by atoms with Crippen LogP contribution in [0.15, 0.2) is 22.5 Å². The normalized spacial score (nSPS) is 12.6. The molecule has 0 spiro atoms. The average molecular weight is 278 g/mol. The SMILES string of the molecule is C=C(C)CNC(N)=NCc1nc(C(F)(F)F)cs1. The van der Waals surface area contributed by atoms with Crippen molar-refractivity contribution in [1.82, 2.24) is 10.3 Å². The molecule has 0 unspecified atom stereocenters. The summed E-state index contributed by atoms with van der Waals surface area (Å²) in [5, 5.41) is 4.00. The van der Waals surface area contributed by atoms with Crippen LogP contribution in [-0.4, -0.2) is 17.5 Å². The molecule has 0 atom stereocenters. The lowest BCUT2D eigenvalue weighted by Crippen LogP contribution is -2.32. The Kier molecular flexibility index (Phi) is 4.71. The number of hydrogen-bond donors (Lipinski definition) is 2. The summed E-state index contributed by atoms with van der Waals surface area (Å²) in [5.41, 5.74) is 5.49. The Morgan fingerprint density at radius 2 is 2.28 bits per heavy atom. The van der Waals surface area contributed by atoms with Crippen LogP contribution in [-0.2, 0) is 12.7 Å². The van der Waals surface area contributed by atoms with E-state index in [1.807, 2.05) is 6.92 Å². The first-order chi connectivity index (χ1) is 8.29. The summed E-state index contributed by atoms with van der Waals surface area (Å²) >= 11 is 0.904. The minimum Gasteiger partial charge on any atom is -0.370 e. The highest BCUT2D eigenvalue weighted by Gasteiger charge is 2.33. The number of thiazole rings is 1. The fourth-order valence-corrected chi connectivity index (χ4v) is 1.69. The third-order valence-electron chi connectivity index (χ3n) is 1.80. The van der Waals surface area contributed by atoms with Gasteiger partial charge in [-0.1, -0.05) is 12.2 Å². The minimum absolute atomic E-state index is 0.0236. The Morgan fingerprint density at radius 1 is 1.61 bits per heavy atom. The van der Waals surface area contributed by atoms with Crippen molar-refractivity contribution < 1.29 is 13.2 Å². The van der Waals surface area contributed by atoms with Gasteiger partial charge in [0.2, 0.25) is 0 Å². The molecule has 8 heteroatoms. The highest BCUT2D eigenvalue weighted by molar-refractivity contribution is 7.09. The predicted molar refractivity (Wildman–Crippen MR) is 65.3 cm³/mol. The van der Waals surface area contributed by atoms with Gasteiger partial charge in [-0.3, -0.25) is 0 Å². The van der Waals surface area contributed by atoms with Gasteiger partial charge >= 0.3 is 6.18 Å². The molecule has 1 aromatic rings. The Labute approximate surface area is 106 Å². The average Bonchev–Trinajstić information content (AvgIpc) is 2.71. The van der Waals surface area contributed by atoms with Crippen molar-refractivity contribution in [2.45, 2.75) is 19.6 Å². The number of halogens is 3. The Balaban J connectivity index is 2.55. The predicted octanol–water partition coefficient (Wildman–Crippen LogP) is 2.14. The number of aromatic nitrogens is 1. The summed E-state index contributed by atoms with van der Waals surface area (Å²) in [5.74, 6) is 0.154. The highest BCUT2D eigenvalue weighted by atomic mass is 32.1. The summed E-state index contributed by atoms with van der Waals surface area (Å²) in [7, 11) is 0. The Morgan fingerprint density at radius 3 is 2.78 bits per heavy atom. The Hall–Kier alpha value is -1.57. The highest BCUT2D eigenvalue weighted by Crippen LogP contribution is 2.30. The molecule has 0 aliphatic heterocycles. The van der Waals surface area contributed by atoms with E-state index in [1.165, 1.54) is 0 Å². The third kappa shape index (κ3) is 4.74. The second-order valence-electron chi connectivity index (χ2n) is 3.64. The van der Waals surface area contributed by atoms with Gasteiger partial charge in [-0.25, -0.2) is 9.98 Å². The lowest BCUT2D eigenvalue weighted by atomic mass is 10.3. The van der Waals surface area contributed by atoms with E-state index in [1.54, 1.807) is 0 Å². The molecule has 0 aliphatic carbocycles. The van der Waals surface area contributed by atoms with E-state index in [0.717, 1.165) is 22.3 Å². The number of nitrogens with one attached hydrogen (secondary N) is 1. The van der Waals surface area contributed by atoms with Crippen LogP contribution in [0, 0.1) is 0 Å². The lowest BCUT2D eigenvalue weighted by Gasteiger charge is -2.03. The van der Waals surface area contributed by atoms with Gasteiger partial charge in [-0.05, 0) is 6.92 Å². The molecule has 1 heterocycles. The third-order valence-corrected chi connectivity index (χ3v) is 2.63. The van der Waals surface area contributed by atoms with Crippen molar-refractivity contribution in [3.8, 4) is 0 Å². The van der Waals surface area contributed by atoms with Gasteiger partial charge < -0.3 is 11.1 Å². The van der Waals surface area contributed by atoms with Crippen molar-refractivity contribution in [2.75, 3.05) is 6.54 Å². The molecule has 0 fully saturated rings. The van der Waals surface area contributed by atoms with E-state index in [2.05, 4.69) is 21.9 Å². The second-order valence-corrected chi connectivity index (χ2v) is 4.58. The van der Waals surface area contributed by atoms with Crippen LogP contribution >= 0.6 is 11.3 Å². The van der Waals surface area contributed by atoms with Crippen molar-refractivity contribution in [1.29, 1.82) is 0 Å². The van der Waals surface area contributed by atoms with E-state index in [9.17, 15) is 13.2 Å². The maximum absolute atomic E-state index is 12.3. The fraction of sp³-hybridized carbons (Fsp3) is 0.400. The molecular weight excluding hydrogens is 265 g/mol. The minimum atomic E-state index is -4.41. The van der Waals surface area contributed by atoms with Crippen LogP contribution in [0.25, 0.3) is 0 Å². The monoisotopic (exact) mass is 278 g/mol. The van der Waals surface area contributed by atoms with Crippen LogP contribution < -0.4 is 11.1 Å². The molecule has 3 N–H and O–H groups in total. The summed E-state index contributed by atoms with van der Waals surface area (Å²) in [4.78, 5) is 7.32. The van der Waals surface area contributed by atoms with Gasteiger partial charge in [-0.15, -0.1) is 11.3 Å². The molecule has 0 amide bonds. The van der Waals surface area contributed by atoms with Crippen LogP contribution in [0.1, 0.15) is 17.6 Å². The van der Waals surface area contributed by atoms with Crippen molar-refractivity contribution in [3.05, 3.63) is 28.2 Å². The van der Waals surface area contributed by atoms with Gasteiger partial charge in [0.1, 0.15) is 5.01 Å². The van der Waals surface area contributed by atoms with E-state index >= 15 is 0 Å². The first-order valence-corrected chi connectivity index (χ1v) is 5.87. The van der Waals surface area contributed by atoms with Crippen LogP contribution in [0.4, 0.5) is 13.2 Å². The standard InChI is InChI=1S/C10H13F3N4S/c1-6(2)3-15-9(14)16-4-8-17-7(5-18-8)10(11,12)13/h5H,1,3-4H2,2H3,(H3,14,15,16). The molecule has 0 bridgehead atoms. The van der Waals surface area contributed by atoms with Crippen molar-refractivity contribution >= 4 is 17.3 Å². The fourth-order valence-electron chi connectivity index (χ4n) is 0.964. The van der Waals surface area contributed by atoms with E-state index in [0.29, 0.717) is 6.54 Å². The molecular formula is C10H13F3N4S. The van der Waals surface area contributed by atoms with Gasteiger partial charge in [0, 0.05) is 11.9 Å². The molecule has 18 heavy (non-hydrogen) atoms. The molecule has 0 radical (unpaired) electrons. The Bertz CT molecular complexity index is 450. The second kappa shape index (κ2) is 5.85. The lowest BCUT2D eigenvalue weighted by molar-refractivity contribution is -0.140. The molecule has 0 aromatic carbocycles. The van der Waals surface area contributed by atoms with Gasteiger partial charge in [0.15, 0.2) is 11.7 Å².